The SMILES string of the molecule is CCCn1cncc1COc1c(CNC)cccc1OC. The zero-order chi connectivity index (χ0) is 15.1. The van der Waals surface area contributed by atoms with Gasteiger partial charge in [0.1, 0.15) is 6.61 Å². The minimum atomic E-state index is 0.483. The number of benzene rings is 1. The van der Waals surface area contributed by atoms with E-state index in [-0.39, 0.29) is 0 Å². The Balaban J connectivity index is 2.16. The van der Waals surface area contributed by atoms with E-state index in [1.165, 1.54) is 0 Å². The second kappa shape index (κ2) is 7.69. The maximum Gasteiger partial charge on any atom is 0.166 e. The number of nitrogens with zero attached hydrogens (tertiary/aromatic N) is 2. The summed E-state index contributed by atoms with van der Waals surface area (Å²) in [6.45, 7) is 4.32. The molecule has 0 spiro atoms. The number of imidazole rings is 1. The fourth-order valence-corrected chi connectivity index (χ4v) is 2.27. The lowest BCUT2D eigenvalue weighted by atomic mass is 10.2. The van der Waals surface area contributed by atoms with Crippen LogP contribution in [0.4, 0.5) is 0 Å². The van der Waals surface area contributed by atoms with Crippen LogP contribution in [0.15, 0.2) is 30.7 Å². The Labute approximate surface area is 125 Å². The van der Waals surface area contributed by atoms with Crippen LogP contribution >= 0.6 is 0 Å². The molecule has 0 atom stereocenters. The molecule has 0 saturated heterocycles. The van der Waals surface area contributed by atoms with Crippen molar-refractivity contribution in [2.45, 2.75) is 33.0 Å². The van der Waals surface area contributed by atoms with Gasteiger partial charge < -0.3 is 19.4 Å². The van der Waals surface area contributed by atoms with Crippen molar-refractivity contribution in [3.8, 4) is 11.5 Å². The number of para-hydroxylation sites is 1. The quantitative estimate of drug-likeness (QED) is 0.811. The molecule has 0 aliphatic carbocycles. The first-order valence-electron chi connectivity index (χ1n) is 7.22. The van der Waals surface area contributed by atoms with E-state index in [4.69, 9.17) is 9.47 Å². The van der Waals surface area contributed by atoms with Crippen LogP contribution in [0.2, 0.25) is 0 Å². The molecular formula is C16H23N3O2. The topological polar surface area (TPSA) is 48.3 Å². The summed E-state index contributed by atoms with van der Waals surface area (Å²) in [7, 11) is 3.58. The highest BCUT2D eigenvalue weighted by atomic mass is 16.5. The van der Waals surface area contributed by atoms with Crippen molar-refractivity contribution in [3.63, 3.8) is 0 Å². The molecule has 2 aromatic rings. The lowest BCUT2D eigenvalue weighted by Crippen LogP contribution is -2.10. The molecule has 0 bridgehead atoms. The molecule has 1 aromatic heterocycles. The maximum atomic E-state index is 6.02. The van der Waals surface area contributed by atoms with E-state index in [1.54, 1.807) is 7.11 Å². The summed E-state index contributed by atoms with van der Waals surface area (Å²) >= 11 is 0. The molecule has 0 saturated carbocycles. The van der Waals surface area contributed by atoms with Gasteiger partial charge in [0.05, 0.1) is 25.3 Å². The van der Waals surface area contributed by atoms with Gasteiger partial charge in [0.2, 0.25) is 0 Å². The largest absolute Gasteiger partial charge is 0.493 e. The second-order valence-corrected chi connectivity index (χ2v) is 4.85. The third-order valence-electron chi connectivity index (χ3n) is 3.28. The molecule has 2 rings (SSSR count). The number of nitrogens with one attached hydrogen (secondary N) is 1. The average Bonchev–Trinajstić information content (AvgIpc) is 2.94. The molecule has 0 unspecified atom stereocenters. The Morgan fingerprint density at radius 3 is 2.90 bits per heavy atom. The number of methoxy groups -OCH3 is 1. The number of aromatic nitrogens is 2. The molecule has 0 fully saturated rings. The van der Waals surface area contributed by atoms with Crippen LogP contribution in [-0.4, -0.2) is 23.7 Å². The summed E-state index contributed by atoms with van der Waals surface area (Å²) in [5.74, 6) is 1.54. The Hall–Kier alpha value is -2.01. The van der Waals surface area contributed by atoms with E-state index in [1.807, 2.05) is 37.8 Å². The summed E-state index contributed by atoms with van der Waals surface area (Å²) in [6.07, 6.45) is 4.77. The molecule has 0 radical (unpaired) electrons. The standard InChI is InChI=1S/C16H23N3O2/c1-4-8-19-12-18-10-14(19)11-21-16-13(9-17-2)6-5-7-15(16)20-3/h5-7,10,12,17H,4,8-9,11H2,1-3H3. The van der Waals surface area contributed by atoms with Crippen molar-refractivity contribution >= 4 is 0 Å². The highest BCUT2D eigenvalue weighted by Gasteiger charge is 2.11. The van der Waals surface area contributed by atoms with Gasteiger partial charge in [-0.05, 0) is 19.5 Å². The van der Waals surface area contributed by atoms with Gasteiger partial charge in [0.25, 0.3) is 0 Å². The predicted octanol–water partition coefficient (Wildman–Crippen LogP) is 2.60. The molecule has 5 heteroatoms. The van der Waals surface area contributed by atoms with Gasteiger partial charge in [-0.1, -0.05) is 19.1 Å². The van der Waals surface area contributed by atoms with Crippen molar-refractivity contribution in [1.82, 2.24) is 14.9 Å². The molecule has 114 valence electrons. The molecule has 0 amide bonds. The first kappa shape index (κ1) is 15.4. The van der Waals surface area contributed by atoms with Crippen molar-refractivity contribution in [3.05, 3.63) is 42.0 Å². The second-order valence-electron chi connectivity index (χ2n) is 4.85. The molecular weight excluding hydrogens is 266 g/mol. The van der Waals surface area contributed by atoms with E-state index >= 15 is 0 Å². The lowest BCUT2D eigenvalue weighted by molar-refractivity contribution is 0.272. The van der Waals surface area contributed by atoms with Crippen molar-refractivity contribution in [2.75, 3.05) is 14.2 Å². The van der Waals surface area contributed by atoms with Gasteiger partial charge in [0.15, 0.2) is 11.5 Å². The monoisotopic (exact) mass is 289 g/mol. The summed E-state index contributed by atoms with van der Waals surface area (Å²) in [6, 6.07) is 5.93. The van der Waals surface area contributed by atoms with Gasteiger partial charge in [-0.3, -0.25) is 0 Å². The fourth-order valence-electron chi connectivity index (χ4n) is 2.27. The molecule has 5 nitrogen and oxygen atoms in total. The molecule has 1 N–H and O–H groups in total. The number of ether oxygens (including phenoxy) is 2. The summed E-state index contributed by atoms with van der Waals surface area (Å²) in [5, 5.41) is 3.15. The van der Waals surface area contributed by atoms with E-state index < -0.39 is 0 Å². The van der Waals surface area contributed by atoms with E-state index in [0.29, 0.717) is 6.61 Å². The summed E-state index contributed by atoms with van der Waals surface area (Å²) in [5.41, 5.74) is 2.15. The van der Waals surface area contributed by atoms with Crippen molar-refractivity contribution < 1.29 is 9.47 Å². The number of rotatable bonds is 8. The van der Waals surface area contributed by atoms with Crippen LogP contribution in [0, 0.1) is 0 Å². The zero-order valence-corrected chi connectivity index (χ0v) is 12.9. The number of hydrogen-bond donors (Lipinski definition) is 1. The number of hydrogen-bond acceptors (Lipinski definition) is 4. The number of aryl methyl sites for hydroxylation is 1. The van der Waals surface area contributed by atoms with Gasteiger partial charge in [-0.15, -0.1) is 0 Å². The molecule has 21 heavy (non-hydrogen) atoms. The minimum absolute atomic E-state index is 0.483. The van der Waals surface area contributed by atoms with E-state index in [9.17, 15) is 0 Å². The van der Waals surface area contributed by atoms with Gasteiger partial charge >= 0.3 is 0 Å². The first-order valence-corrected chi connectivity index (χ1v) is 7.22. The fraction of sp³-hybridized carbons (Fsp3) is 0.438. The minimum Gasteiger partial charge on any atom is -0.493 e. The summed E-state index contributed by atoms with van der Waals surface area (Å²) < 4.78 is 13.5. The molecule has 0 aliphatic rings. The highest BCUT2D eigenvalue weighted by Crippen LogP contribution is 2.31. The van der Waals surface area contributed by atoms with Crippen LogP contribution in [0.5, 0.6) is 11.5 Å². The zero-order valence-electron chi connectivity index (χ0n) is 12.9. The molecule has 1 heterocycles. The van der Waals surface area contributed by atoms with Crippen LogP contribution in [0.3, 0.4) is 0 Å². The van der Waals surface area contributed by atoms with Crippen molar-refractivity contribution in [1.29, 1.82) is 0 Å². The van der Waals surface area contributed by atoms with Gasteiger partial charge in [0, 0.05) is 18.7 Å². The van der Waals surface area contributed by atoms with Gasteiger partial charge in [-0.25, -0.2) is 4.98 Å². The van der Waals surface area contributed by atoms with E-state index in [0.717, 1.165) is 42.3 Å². The maximum absolute atomic E-state index is 6.02. The van der Waals surface area contributed by atoms with Crippen LogP contribution in [0.1, 0.15) is 24.6 Å². The van der Waals surface area contributed by atoms with Gasteiger partial charge in [-0.2, -0.15) is 0 Å². The normalized spacial score (nSPS) is 10.6. The van der Waals surface area contributed by atoms with Crippen LogP contribution in [-0.2, 0) is 19.7 Å². The van der Waals surface area contributed by atoms with Crippen LogP contribution < -0.4 is 14.8 Å². The Bertz CT molecular complexity index is 566. The Morgan fingerprint density at radius 1 is 1.33 bits per heavy atom. The van der Waals surface area contributed by atoms with Crippen molar-refractivity contribution in [2.24, 2.45) is 0 Å². The lowest BCUT2D eigenvalue weighted by Gasteiger charge is -2.15. The summed E-state index contributed by atoms with van der Waals surface area (Å²) in [4.78, 5) is 4.19. The molecule has 0 aliphatic heterocycles. The third kappa shape index (κ3) is 3.76. The predicted molar refractivity (Wildman–Crippen MR) is 82.6 cm³/mol. The molecule has 1 aromatic carbocycles. The average molecular weight is 289 g/mol. The highest BCUT2D eigenvalue weighted by molar-refractivity contribution is 5.46. The Morgan fingerprint density at radius 2 is 2.19 bits per heavy atom. The third-order valence-corrected chi connectivity index (χ3v) is 3.28. The van der Waals surface area contributed by atoms with Crippen LogP contribution in [0.25, 0.3) is 0 Å². The smallest absolute Gasteiger partial charge is 0.166 e. The first-order chi connectivity index (χ1) is 10.3. The Kier molecular flexibility index (Phi) is 5.63. The van der Waals surface area contributed by atoms with E-state index in [2.05, 4.69) is 21.8 Å².